The van der Waals surface area contributed by atoms with E-state index in [-0.39, 0.29) is 6.10 Å². The van der Waals surface area contributed by atoms with Crippen LogP contribution >= 0.6 is 0 Å². The van der Waals surface area contributed by atoms with E-state index in [1.165, 1.54) is 0 Å². The van der Waals surface area contributed by atoms with E-state index in [4.69, 9.17) is 24.3 Å². The van der Waals surface area contributed by atoms with Gasteiger partial charge in [0.25, 0.3) is 0 Å². The van der Waals surface area contributed by atoms with E-state index in [2.05, 4.69) is 12.0 Å². The van der Waals surface area contributed by atoms with Gasteiger partial charge in [-0.3, -0.25) is 4.68 Å². The van der Waals surface area contributed by atoms with E-state index in [1.807, 2.05) is 31.4 Å². The summed E-state index contributed by atoms with van der Waals surface area (Å²) in [6.45, 7) is 2.06. The second-order valence-electron chi connectivity index (χ2n) is 6.17. The van der Waals surface area contributed by atoms with Crippen molar-refractivity contribution < 1.29 is 14.2 Å². The number of hydrogen-bond donors (Lipinski definition) is 0. The van der Waals surface area contributed by atoms with Crippen LogP contribution in [0.5, 0.6) is 11.5 Å². The van der Waals surface area contributed by atoms with Crippen LogP contribution in [-0.4, -0.2) is 45.9 Å². The van der Waals surface area contributed by atoms with E-state index in [0.717, 1.165) is 23.5 Å². The number of aryl methyl sites for hydroxylation is 1. The Hall–Kier alpha value is -2.87. The lowest BCUT2D eigenvalue weighted by Gasteiger charge is -2.12. The maximum absolute atomic E-state index is 5.60. The molecule has 0 saturated heterocycles. The van der Waals surface area contributed by atoms with Crippen LogP contribution in [0.4, 0.5) is 0 Å². The number of ether oxygens (including phenoxy) is 3. The van der Waals surface area contributed by atoms with Gasteiger partial charge in [-0.25, -0.2) is 9.67 Å². The summed E-state index contributed by atoms with van der Waals surface area (Å²) in [6.07, 6.45) is 4.89. The van der Waals surface area contributed by atoms with Gasteiger partial charge in [0.1, 0.15) is 11.8 Å². The average Bonchev–Trinajstić information content (AvgIpc) is 3.29. The van der Waals surface area contributed by atoms with Crippen LogP contribution in [0.1, 0.15) is 36.7 Å². The van der Waals surface area contributed by atoms with Crippen LogP contribution in [0.2, 0.25) is 0 Å². The zero-order chi connectivity index (χ0) is 19.4. The molecule has 0 N–H and O–H groups in total. The third kappa shape index (κ3) is 3.95. The van der Waals surface area contributed by atoms with Gasteiger partial charge >= 0.3 is 0 Å². The van der Waals surface area contributed by atoms with Crippen LogP contribution in [-0.2, 0) is 18.2 Å². The number of hydrogen-bond acceptors (Lipinski definition) is 6. The van der Waals surface area contributed by atoms with E-state index >= 15 is 0 Å². The third-order valence-corrected chi connectivity index (χ3v) is 4.37. The predicted octanol–water partition coefficient (Wildman–Crippen LogP) is 2.71. The quantitative estimate of drug-likeness (QED) is 0.606. The van der Waals surface area contributed by atoms with Crippen molar-refractivity contribution >= 4 is 0 Å². The molecular weight excluding hydrogens is 346 g/mol. The second kappa shape index (κ2) is 8.22. The maximum Gasteiger partial charge on any atom is 0.161 e. The van der Waals surface area contributed by atoms with Crippen LogP contribution in [0.3, 0.4) is 0 Å². The molecule has 0 saturated carbocycles. The Balaban J connectivity index is 1.97. The summed E-state index contributed by atoms with van der Waals surface area (Å²) in [6, 6.07) is 5.81. The largest absolute Gasteiger partial charge is 0.493 e. The topological polar surface area (TPSA) is 76.2 Å². The van der Waals surface area contributed by atoms with Crippen LogP contribution in [0, 0.1) is 0 Å². The van der Waals surface area contributed by atoms with Crippen molar-refractivity contribution in [2.24, 2.45) is 7.05 Å². The minimum atomic E-state index is -0.142. The van der Waals surface area contributed by atoms with Gasteiger partial charge in [-0.05, 0) is 24.1 Å². The maximum atomic E-state index is 5.60. The van der Waals surface area contributed by atoms with Crippen molar-refractivity contribution in [2.75, 3.05) is 21.3 Å². The average molecular weight is 371 g/mol. The standard InChI is InChI=1S/C19H25N5O3/c1-6-15(25-3)19-21-18(22-24(19)14-11-20-23(2)12-14)10-13-7-8-16(26-4)17(9-13)27-5/h7-9,11-12,15H,6,10H2,1-5H3. The summed E-state index contributed by atoms with van der Waals surface area (Å²) in [5.41, 5.74) is 1.89. The monoisotopic (exact) mass is 371 g/mol. The van der Waals surface area contributed by atoms with Crippen LogP contribution < -0.4 is 9.47 Å². The Bertz CT molecular complexity index is 899. The molecule has 0 fully saturated rings. The first kappa shape index (κ1) is 18.9. The van der Waals surface area contributed by atoms with Crippen molar-refractivity contribution in [3.8, 4) is 17.2 Å². The first-order valence-corrected chi connectivity index (χ1v) is 8.78. The third-order valence-electron chi connectivity index (χ3n) is 4.37. The van der Waals surface area contributed by atoms with Crippen molar-refractivity contribution in [2.45, 2.75) is 25.9 Å². The zero-order valence-corrected chi connectivity index (χ0v) is 16.3. The van der Waals surface area contributed by atoms with Crippen LogP contribution in [0.15, 0.2) is 30.6 Å². The molecule has 8 nitrogen and oxygen atoms in total. The highest BCUT2D eigenvalue weighted by molar-refractivity contribution is 5.43. The van der Waals surface area contributed by atoms with Gasteiger partial charge in [-0.1, -0.05) is 13.0 Å². The fourth-order valence-electron chi connectivity index (χ4n) is 2.99. The van der Waals surface area contributed by atoms with E-state index in [1.54, 1.807) is 36.9 Å². The number of methoxy groups -OCH3 is 3. The normalized spacial score (nSPS) is 12.2. The highest BCUT2D eigenvalue weighted by Gasteiger charge is 2.21. The van der Waals surface area contributed by atoms with E-state index < -0.39 is 0 Å². The summed E-state index contributed by atoms with van der Waals surface area (Å²) in [5.74, 6) is 2.85. The summed E-state index contributed by atoms with van der Waals surface area (Å²) < 4.78 is 19.8. The molecule has 144 valence electrons. The first-order valence-electron chi connectivity index (χ1n) is 8.78. The van der Waals surface area contributed by atoms with E-state index in [9.17, 15) is 0 Å². The van der Waals surface area contributed by atoms with Crippen molar-refractivity contribution in [3.63, 3.8) is 0 Å². The Morgan fingerprint density at radius 3 is 2.48 bits per heavy atom. The number of aromatic nitrogens is 5. The second-order valence-corrected chi connectivity index (χ2v) is 6.17. The first-order chi connectivity index (χ1) is 13.1. The fourth-order valence-corrected chi connectivity index (χ4v) is 2.99. The van der Waals surface area contributed by atoms with Gasteiger partial charge < -0.3 is 14.2 Å². The lowest BCUT2D eigenvalue weighted by molar-refractivity contribution is 0.0907. The van der Waals surface area contributed by atoms with Crippen molar-refractivity contribution in [1.29, 1.82) is 0 Å². The fraction of sp³-hybridized carbons (Fsp3) is 0.421. The lowest BCUT2D eigenvalue weighted by atomic mass is 10.1. The van der Waals surface area contributed by atoms with Gasteiger partial charge in [-0.15, -0.1) is 0 Å². The Labute approximate surface area is 158 Å². The molecule has 27 heavy (non-hydrogen) atoms. The van der Waals surface area contributed by atoms with Gasteiger partial charge in [0, 0.05) is 20.6 Å². The molecule has 3 rings (SSSR count). The molecule has 0 aliphatic heterocycles. The van der Waals surface area contributed by atoms with Crippen molar-refractivity contribution in [1.82, 2.24) is 24.5 Å². The molecule has 0 aliphatic carbocycles. The van der Waals surface area contributed by atoms with Crippen molar-refractivity contribution in [3.05, 3.63) is 47.8 Å². The molecule has 1 unspecified atom stereocenters. The Morgan fingerprint density at radius 2 is 1.89 bits per heavy atom. The van der Waals surface area contributed by atoms with Crippen LogP contribution in [0.25, 0.3) is 5.69 Å². The molecule has 0 radical (unpaired) electrons. The highest BCUT2D eigenvalue weighted by atomic mass is 16.5. The molecule has 0 aliphatic rings. The summed E-state index contributed by atoms with van der Waals surface area (Å²) in [5, 5.41) is 8.94. The van der Waals surface area contributed by atoms with Gasteiger partial charge in [0.15, 0.2) is 23.1 Å². The summed E-state index contributed by atoms with van der Waals surface area (Å²) >= 11 is 0. The Kier molecular flexibility index (Phi) is 5.75. The zero-order valence-electron chi connectivity index (χ0n) is 16.3. The molecular formula is C19H25N5O3. The Morgan fingerprint density at radius 1 is 1.11 bits per heavy atom. The predicted molar refractivity (Wildman–Crippen MR) is 101 cm³/mol. The highest BCUT2D eigenvalue weighted by Crippen LogP contribution is 2.29. The smallest absolute Gasteiger partial charge is 0.161 e. The van der Waals surface area contributed by atoms with E-state index in [0.29, 0.717) is 23.7 Å². The number of rotatable bonds is 8. The van der Waals surface area contributed by atoms with Gasteiger partial charge in [0.2, 0.25) is 0 Å². The minimum Gasteiger partial charge on any atom is -0.493 e. The molecule has 0 amide bonds. The lowest BCUT2D eigenvalue weighted by Crippen LogP contribution is -2.09. The SMILES string of the molecule is CCC(OC)c1nc(Cc2ccc(OC)c(OC)c2)nn1-c1cnn(C)c1. The summed E-state index contributed by atoms with van der Waals surface area (Å²) in [4.78, 5) is 4.75. The summed E-state index contributed by atoms with van der Waals surface area (Å²) in [7, 11) is 6.80. The number of nitrogens with zero attached hydrogens (tertiary/aromatic N) is 5. The molecule has 3 aromatic rings. The molecule has 0 bridgehead atoms. The molecule has 2 aromatic heterocycles. The van der Waals surface area contributed by atoms with Gasteiger partial charge in [-0.2, -0.15) is 10.2 Å². The molecule has 2 heterocycles. The molecule has 1 aromatic carbocycles. The molecule has 1 atom stereocenters. The molecule has 8 heteroatoms. The van der Waals surface area contributed by atoms with Gasteiger partial charge in [0.05, 0.1) is 26.6 Å². The number of benzene rings is 1. The minimum absolute atomic E-state index is 0.142. The molecule has 0 spiro atoms.